The topological polar surface area (TPSA) is 49.3 Å². The average Bonchev–Trinajstić information content (AvgIpc) is 3.01. The maximum absolute atomic E-state index is 10.7. The highest BCUT2D eigenvalue weighted by atomic mass is 16.4. The molecule has 1 aromatic rings. The Morgan fingerprint density at radius 2 is 1.88 bits per heavy atom. The van der Waals surface area contributed by atoms with E-state index >= 15 is 0 Å². The third-order valence-electron chi connectivity index (χ3n) is 3.20. The van der Waals surface area contributed by atoms with Gasteiger partial charge in [-0.1, -0.05) is 0 Å². The van der Waals surface area contributed by atoms with Gasteiger partial charge in [-0.25, -0.2) is 4.79 Å². The van der Waals surface area contributed by atoms with E-state index < -0.39 is 5.97 Å². The summed E-state index contributed by atoms with van der Waals surface area (Å²) >= 11 is 0. The third kappa shape index (κ3) is 2.35. The Kier molecular flexibility index (Phi) is 2.62. The van der Waals surface area contributed by atoms with Crippen molar-refractivity contribution in [2.45, 2.75) is 32.2 Å². The summed E-state index contributed by atoms with van der Waals surface area (Å²) in [4.78, 5) is 10.7. The van der Waals surface area contributed by atoms with E-state index in [0.717, 1.165) is 11.6 Å². The lowest BCUT2D eigenvalue weighted by molar-refractivity contribution is 0.0697. The molecule has 1 fully saturated rings. The van der Waals surface area contributed by atoms with E-state index in [1.165, 1.54) is 12.8 Å². The molecule has 0 unspecified atom stereocenters. The lowest BCUT2D eigenvalue weighted by Crippen LogP contribution is -2.33. The lowest BCUT2D eigenvalue weighted by atomic mass is 9.98. The van der Waals surface area contributed by atoms with Gasteiger partial charge in [0.05, 0.1) is 5.56 Å². The Hall–Kier alpha value is -1.51. The largest absolute Gasteiger partial charge is 0.478 e. The van der Waals surface area contributed by atoms with Crippen molar-refractivity contribution in [1.29, 1.82) is 0 Å². The van der Waals surface area contributed by atoms with Crippen LogP contribution in [0.3, 0.4) is 0 Å². The molecule has 1 aromatic carbocycles. The van der Waals surface area contributed by atoms with Gasteiger partial charge in [-0.05, 0) is 56.9 Å². The first-order valence-electron chi connectivity index (χ1n) is 5.60. The fourth-order valence-electron chi connectivity index (χ4n) is 1.98. The third-order valence-corrected chi connectivity index (χ3v) is 3.20. The molecule has 86 valence electrons. The molecule has 0 radical (unpaired) electrons. The number of benzene rings is 1. The fraction of sp³-hybridized carbons (Fsp3) is 0.462. The molecule has 1 aliphatic rings. The molecular formula is C13H17NO2. The van der Waals surface area contributed by atoms with Gasteiger partial charge in [0.2, 0.25) is 0 Å². The maximum atomic E-state index is 10.7. The van der Waals surface area contributed by atoms with Crippen LogP contribution in [0.5, 0.6) is 0 Å². The molecule has 1 saturated carbocycles. The summed E-state index contributed by atoms with van der Waals surface area (Å²) in [6, 6.07) is 6.92. The Morgan fingerprint density at radius 3 is 2.31 bits per heavy atom. The van der Waals surface area contributed by atoms with E-state index in [-0.39, 0.29) is 5.54 Å². The van der Waals surface area contributed by atoms with Crippen LogP contribution < -0.4 is 5.32 Å². The van der Waals surface area contributed by atoms with Crippen LogP contribution in [-0.2, 0) is 0 Å². The highest BCUT2D eigenvalue weighted by Gasteiger charge is 2.37. The van der Waals surface area contributed by atoms with E-state index in [2.05, 4.69) is 19.2 Å². The minimum Gasteiger partial charge on any atom is -0.478 e. The van der Waals surface area contributed by atoms with Crippen LogP contribution in [0.1, 0.15) is 37.0 Å². The number of carboxylic acids is 1. The quantitative estimate of drug-likeness (QED) is 0.818. The van der Waals surface area contributed by atoms with Crippen LogP contribution in [0.2, 0.25) is 0 Å². The minimum absolute atomic E-state index is 0.102. The van der Waals surface area contributed by atoms with Crippen molar-refractivity contribution < 1.29 is 9.90 Å². The molecule has 16 heavy (non-hydrogen) atoms. The number of hydrogen-bond acceptors (Lipinski definition) is 2. The minimum atomic E-state index is -0.881. The summed E-state index contributed by atoms with van der Waals surface area (Å²) in [6.07, 6.45) is 2.57. The van der Waals surface area contributed by atoms with Crippen molar-refractivity contribution in [3.05, 3.63) is 29.8 Å². The Morgan fingerprint density at radius 1 is 1.31 bits per heavy atom. The van der Waals surface area contributed by atoms with Gasteiger partial charge in [-0.2, -0.15) is 0 Å². The van der Waals surface area contributed by atoms with Crippen LogP contribution in [0, 0.1) is 5.92 Å². The van der Waals surface area contributed by atoms with Gasteiger partial charge in [0.1, 0.15) is 0 Å². The Balaban J connectivity index is 2.07. The van der Waals surface area contributed by atoms with Gasteiger partial charge in [0.15, 0.2) is 0 Å². The maximum Gasteiger partial charge on any atom is 0.335 e. The summed E-state index contributed by atoms with van der Waals surface area (Å²) < 4.78 is 0. The number of carbonyl (C=O) groups is 1. The molecule has 0 amide bonds. The van der Waals surface area contributed by atoms with Gasteiger partial charge in [0, 0.05) is 11.2 Å². The van der Waals surface area contributed by atoms with Crippen molar-refractivity contribution in [2.24, 2.45) is 5.92 Å². The molecule has 0 heterocycles. The number of rotatable bonds is 4. The first-order valence-corrected chi connectivity index (χ1v) is 5.60. The van der Waals surface area contributed by atoms with Gasteiger partial charge in [0.25, 0.3) is 0 Å². The van der Waals surface area contributed by atoms with E-state index in [1.807, 2.05) is 12.1 Å². The molecule has 0 spiro atoms. The van der Waals surface area contributed by atoms with Crippen LogP contribution in [0.15, 0.2) is 24.3 Å². The van der Waals surface area contributed by atoms with Crippen molar-refractivity contribution in [2.75, 3.05) is 5.32 Å². The van der Waals surface area contributed by atoms with E-state index in [4.69, 9.17) is 5.11 Å². The van der Waals surface area contributed by atoms with Crippen molar-refractivity contribution in [3.63, 3.8) is 0 Å². The second kappa shape index (κ2) is 3.81. The molecule has 0 atom stereocenters. The van der Waals surface area contributed by atoms with Crippen LogP contribution in [-0.4, -0.2) is 16.6 Å². The highest BCUT2D eigenvalue weighted by molar-refractivity contribution is 5.88. The summed E-state index contributed by atoms with van der Waals surface area (Å²) in [5.74, 6) is -0.139. The number of carboxylic acid groups (broad SMARTS) is 1. The van der Waals surface area contributed by atoms with Crippen LogP contribution in [0.4, 0.5) is 5.69 Å². The van der Waals surface area contributed by atoms with E-state index in [0.29, 0.717) is 5.56 Å². The summed E-state index contributed by atoms with van der Waals surface area (Å²) in [5.41, 5.74) is 1.42. The van der Waals surface area contributed by atoms with Crippen molar-refractivity contribution >= 4 is 11.7 Å². The molecule has 0 bridgehead atoms. The zero-order valence-corrected chi connectivity index (χ0v) is 9.66. The Bertz CT molecular complexity index is 391. The molecule has 2 N–H and O–H groups in total. The van der Waals surface area contributed by atoms with Crippen molar-refractivity contribution in [3.8, 4) is 0 Å². The standard InChI is InChI=1S/C13H17NO2/c1-13(2,10-5-6-10)14-11-7-3-9(4-8-11)12(15)16/h3-4,7-8,10,14H,5-6H2,1-2H3,(H,15,16). The first-order chi connectivity index (χ1) is 7.49. The fourth-order valence-corrected chi connectivity index (χ4v) is 1.98. The molecular weight excluding hydrogens is 202 g/mol. The average molecular weight is 219 g/mol. The highest BCUT2D eigenvalue weighted by Crippen LogP contribution is 2.41. The molecule has 3 heteroatoms. The van der Waals surface area contributed by atoms with Gasteiger partial charge in [-0.3, -0.25) is 0 Å². The predicted molar refractivity (Wildman–Crippen MR) is 63.8 cm³/mol. The monoisotopic (exact) mass is 219 g/mol. The second-order valence-corrected chi connectivity index (χ2v) is 5.00. The van der Waals surface area contributed by atoms with Gasteiger partial charge < -0.3 is 10.4 Å². The molecule has 0 aromatic heterocycles. The zero-order chi connectivity index (χ0) is 11.8. The van der Waals surface area contributed by atoms with E-state index in [1.54, 1.807) is 12.1 Å². The molecule has 3 nitrogen and oxygen atoms in total. The number of nitrogens with one attached hydrogen (secondary N) is 1. The zero-order valence-electron chi connectivity index (χ0n) is 9.66. The van der Waals surface area contributed by atoms with Crippen LogP contribution >= 0.6 is 0 Å². The summed E-state index contributed by atoms with van der Waals surface area (Å²) in [6.45, 7) is 4.38. The Labute approximate surface area is 95.5 Å². The molecule has 0 aliphatic heterocycles. The van der Waals surface area contributed by atoms with Gasteiger partial charge in [-0.15, -0.1) is 0 Å². The van der Waals surface area contributed by atoms with E-state index in [9.17, 15) is 4.79 Å². The van der Waals surface area contributed by atoms with Crippen molar-refractivity contribution in [1.82, 2.24) is 0 Å². The molecule has 1 aliphatic carbocycles. The lowest BCUT2D eigenvalue weighted by Gasteiger charge is -2.27. The smallest absolute Gasteiger partial charge is 0.335 e. The van der Waals surface area contributed by atoms with Crippen LogP contribution in [0.25, 0.3) is 0 Å². The summed E-state index contributed by atoms with van der Waals surface area (Å²) in [7, 11) is 0. The normalized spacial score (nSPS) is 15.9. The first kappa shape index (κ1) is 11.0. The SMILES string of the molecule is CC(C)(Nc1ccc(C(=O)O)cc1)C1CC1. The second-order valence-electron chi connectivity index (χ2n) is 5.00. The molecule has 2 rings (SSSR count). The number of hydrogen-bond donors (Lipinski definition) is 2. The number of aromatic carboxylic acids is 1. The summed E-state index contributed by atoms with van der Waals surface area (Å²) in [5, 5.41) is 12.2. The molecule has 0 saturated heterocycles. The number of anilines is 1. The van der Waals surface area contributed by atoms with Gasteiger partial charge >= 0.3 is 5.97 Å². The predicted octanol–water partition coefficient (Wildman–Crippen LogP) is 2.99.